The Labute approximate surface area is 98.9 Å². The van der Waals surface area contributed by atoms with Crippen molar-refractivity contribution in [1.29, 1.82) is 0 Å². The lowest BCUT2D eigenvalue weighted by molar-refractivity contribution is 0.618. The summed E-state index contributed by atoms with van der Waals surface area (Å²) >= 11 is 0. The van der Waals surface area contributed by atoms with Crippen molar-refractivity contribution in [3.63, 3.8) is 0 Å². The largest absolute Gasteiger partial charge is 0.312 e. The summed E-state index contributed by atoms with van der Waals surface area (Å²) in [6.07, 6.45) is 3.52. The van der Waals surface area contributed by atoms with Gasteiger partial charge in [-0.2, -0.15) is 15.4 Å². The summed E-state index contributed by atoms with van der Waals surface area (Å²) in [5.41, 5.74) is 4.22. The van der Waals surface area contributed by atoms with E-state index in [0.717, 1.165) is 37.3 Å². The minimum absolute atomic E-state index is 0.677. The fraction of sp³-hybridized carbons (Fsp3) is 0.455. The molecule has 6 heteroatoms. The van der Waals surface area contributed by atoms with Gasteiger partial charge < -0.3 is 5.32 Å². The van der Waals surface area contributed by atoms with Gasteiger partial charge >= 0.3 is 0 Å². The van der Waals surface area contributed by atoms with E-state index in [9.17, 15) is 0 Å². The molecule has 0 saturated carbocycles. The Hall–Kier alpha value is -1.82. The minimum atomic E-state index is 0.677. The average Bonchev–Trinajstić information content (AvgIpc) is 2.91. The first-order valence-corrected chi connectivity index (χ1v) is 5.84. The third-order valence-corrected chi connectivity index (χ3v) is 3.00. The first-order valence-electron chi connectivity index (χ1n) is 5.84. The second-order valence-corrected chi connectivity index (χ2v) is 4.05. The third-order valence-electron chi connectivity index (χ3n) is 3.00. The molecule has 0 spiro atoms. The molecule has 88 valence electrons. The smallest absolute Gasteiger partial charge is 0.182 e. The van der Waals surface area contributed by atoms with Crippen molar-refractivity contribution in [2.75, 3.05) is 6.54 Å². The SMILES string of the molecule is CCc1nc(-c2cn[nH]n2)nc2c1CNCC2. The molecule has 3 heterocycles. The predicted molar refractivity (Wildman–Crippen MR) is 62.2 cm³/mol. The van der Waals surface area contributed by atoms with Crippen LogP contribution < -0.4 is 5.32 Å². The Morgan fingerprint density at radius 3 is 3.06 bits per heavy atom. The minimum Gasteiger partial charge on any atom is -0.312 e. The highest BCUT2D eigenvalue weighted by atomic mass is 15.3. The summed E-state index contributed by atoms with van der Waals surface area (Å²) in [5.74, 6) is 0.677. The summed E-state index contributed by atoms with van der Waals surface area (Å²) in [7, 11) is 0. The molecule has 1 aliphatic heterocycles. The Balaban J connectivity index is 2.12. The van der Waals surface area contributed by atoms with E-state index in [4.69, 9.17) is 0 Å². The lowest BCUT2D eigenvalue weighted by atomic mass is 10.0. The van der Waals surface area contributed by atoms with Crippen LogP contribution in [0.2, 0.25) is 0 Å². The lowest BCUT2D eigenvalue weighted by Crippen LogP contribution is -2.26. The molecule has 0 atom stereocenters. The van der Waals surface area contributed by atoms with Crippen molar-refractivity contribution < 1.29 is 0 Å². The molecule has 2 aromatic heterocycles. The molecule has 0 radical (unpaired) electrons. The summed E-state index contributed by atoms with van der Waals surface area (Å²) in [6, 6.07) is 0. The van der Waals surface area contributed by atoms with Crippen LogP contribution in [0.15, 0.2) is 6.20 Å². The van der Waals surface area contributed by atoms with E-state index < -0.39 is 0 Å². The fourth-order valence-electron chi connectivity index (χ4n) is 2.13. The van der Waals surface area contributed by atoms with Crippen LogP contribution in [0.3, 0.4) is 0 Å². The van der Waals surface area contributed by atoms with E-state index in [2.05, 4.69) is 37.6 Å². The van der Waals surface area contributed by atoms with Crippen LogP contribution in [-0.2, 0) is 19.4 Å². The topological polar surface area (TPSA) is 79.4 Å². The van der Waals surface area contributed by atoms with Gasteiger partial charge in [-0.25, -0.2) is 9.97 Å². The maximum absolute atomic E-state index is 4.59. The van der Waals surface area contributed by atoms with Crippen LogP contribution in [0.5, 0.6) is 0 Å². The van der Waals surface area contributed by atoms with Crippen LogP contribution in [-0.4, -0.2) is 31.9 Å². The summed E-state index contributed by atoms with van der Waals surface area (Å²) < 4.78 is 0. The number of nitrogens with zero attached hydrogens (tertiary/aromatic N) is 4. The van der Waals surface area contributed by atoms with E-state index >= 15 is 0 Å². The molecule has 0 saturated heterocycles. The van der Waals surface area contributed by atoms with Gasteiger partial charge in [0.05, 0.1) is 11.9 Å². The van der Waals surface area contributed by atoms with E-state index in [0.29, 0.717) is 11.5 Å². The summed E-state index contributed by atoms with van der Waals surface area (Å²) in [4.78, 5) is 9.16. The lowest BCUT2D eigenvalue weighted by Gasteiger charge is -2.19. The number of H-pyrrole nitrogens is 1. The van der Waals surface area contributed by atoms with E-state index in [1.54, 1.807) is 6.20 Å². The highest BCUT2D eigenvalue weighted by Crippen LogP contribution is 2.20. The number of hydrogen-bond donors (Lipinski definition) is 2. The van der Waals surface area contributed by atoms with Crippen molar-refractivity contribution in [3.8, 4) is 11.5 Å². The van der Waals surface area contributed by atoms with Gasteiger partial charge in [-0.3, -0.25) is 0 Å². The zero-order chi connectivity index (χ0) is 11.7. The van der Waals surface area contributed by atoms with Crippen LogP contribution in [0.4, 0.5) is 0 Å². The molecule has 0 amide bonds. The first kappa shape index (κ1) is 10.3. The van der Waals surface area contributed by atoms with Crippen molar-refractivity contribution >= 4 is 0 Å². The second kappa shape index (κ2) is 4.21. The maximum atomic E-state index is 4.59. The zero-order valence-electron chi connectivity index (χ0n) is 9.69. The van der Waals surface area contributed by atoms with Gasteiger partial charge in [0.1, 0.15) is 5.69 Å². The van der Waals surface area contributed by atoms with Gasteiger partial charge in [-0.15, -0.1) is 0 Å². The Morgan fingerprint density at radius 2 is 2.29 bits per heavy atom. The number of hydrogen-bond acceptors (Lipinski definition) is 5. The molecular formula is C11H14N6. The molecule has 0 aromatic carbocycles. The summed E-state index contributed by atoms with van der Waals surface area (Å²) in [6.45, 7) is 3.97. The van der Waals surface area contributed by atoms with Gasteiger partial charge in [0.25, 0.3) is 0 Å². The molecule has 0 aliphatic carbocycles. The van der Waals surface area contributed by atoms with Gasteiger partial charge in [0, 0.05) is 30.8 Å². The Morgan fingerprint density at radius 1 is 1.35 bits per heavy atom. The number of aromatic nitrogens is 5. The summed E-state index contributed by atoms with van der Waals surface area (Å²) in [5, 5.41) is 13.8. The number of fused-ring (bicyclic) bond motifs is 1. The van der Waals surface area contributed by atoms with Crippen molar-refractivity contribution in [1.82, 2.24) is 30.7 Å². The number of rotatable bonds is 2. The highest BCUT2D eigenvalue weighted by molar-refractivity contribution is 5.48. The van der Waals surface area contributed by atoms with Crippen LogP contribution in [0.1, 0.15) is 23.9 Å². The molecule has 2 aromatic rings. The van der Waals surface area contributed by atoms with Gasteiger partial charge in [-0.1, -0.05) is 6.92 Å². The van der Waals surface area contributed by atoms with Crippen molar-refractivity contribution in [2.45, 2.75) is 26.3 Å². The molecule has 0 fully saturated rings. The molecule has 6 nitrogen and oxygen atoms in total. The molecule has 3 rings (SSSR count). The van der Waals surface area contributed by atoms with Crippen molar-refractivity contribution in [3.05, 3.63) is 23.1 Å². The molecule has 0 bridgehead atoms. The predicted octanol–water partition coefficient (Wildman–Crippen LogP) is 0.470. The quantitative estimate of drug-likeness (QED) is 0.784. The normalized spacial score (nSPS) is 14.6. The van der Waals surface area contributed by atoms with Crippen LogP contribution in [0.25, 0.3) is 11.5 Å². The highest BCUT2D eigenvalue weighted by Gasteiger charge is 2.17. The number of aromatic amines is 1. The molecule has 0 unspecified atom stereocenters. The maximum Gasteiger partial charge on any atom is 0.182 e. The standard InChI is InChI=1S/C11H14N6/c1-2-8-7-5-12-4-3-9(7)15-11(14-8)10-6-13-17-16-10/h6,12H,2-5H2,1H3,(H,13,16,17). The molecule has 1 aliphatic rings. The zero-order valence-corrected chi connectivity index (χ0v) is 9.69. The Bertz CT molecular complexity index is 502. The van der Waals surface area contributed by atoms with Gasteiger partial charge in [-0.05, 0) is 6.42 Å². The molecule has 2 N–H and O–H groups in total. The molecule has 17 heavy (non-hydrogen) atoms. The first-order chi connectivity index (χ1) is 8.38. The van der Waals surface area contributed by atoms with E-state index in [1.165, 1.54) is 5.56 Å². The third kappa shape index (κ3) is 1.80. The second-order valence-electron chi connectivity index (χ2n) is 4.05. The van der Waals surface area contributed by atoms with Gasteiger partial charge in [0.15, 0.2) is 5.82 Å². The van der Waals surface area contributed by atoms with Crippen LogP contribution in [0, 0.1) is 0 Å². The van der Waals surface area contributed by atoms with Crippen molar-refractivity contribution in [2.24, 2.45) is 0 Å². The van der Waals surface area contributed by atoms with Gasteiger partial charge in [0.2, 0.25) is 0 Å². The van der Waals surface area contributed by atoms with Crippen LogP contribution >= 0.6 is 0 Å². The number of nitrogens with one attached hydrogen (secondary N) is 2. The molecular weight excluding hydrogens is 216 g/mol. The monoisotopic (exact) mass is 230 g/mol. The number of aryl methyl sites for hydroxylation is 1. The van der Waals surface area contributed by atoms with E-state index in [1.807, 2.05) is 0 Å². The Kier molecular flexibility index (Phi) is 2.56. The average molecular weight is 230 g/mol. The fourth-order valence-corrected chi connectivity index (χ4v) is 2.13. The van der Waals surface area contributed by atoms with E-state index in [-0.39, 0.29) is 0 Å².